The van der Waals surface area contributed by atoms with E-state index in [-0.39, 0.29) is 11.9 Å². The lowest BCUT2D eigenvalue weighted by molar-refractivity contribution is -0.360. The summed E-state index contributed by atoms with van der Waals surface area (Å²) in [6.07, 6.45) is -21.9. The van der Waals surface area contributed by atoms with Gasteiger partial charge in [-0.1, -0.05) is 18.4 Å². The first-order valence-electron chi connectivity index (χ1n) is 15.7. The van der Waals surface area contributed by atoms with Crippen molar-refractivity contribution < 1.29 is 94.5 Å². The summed E-state index contributed by atoms with van der Waals surface area (Å²) in [4.78, 5) is 11.1. The van der Waals surface area contributed by atoms with Gasteiger partial charge in [-0.25, -0.2) is 0 Å². The Kier molecular flexibility index (Phi) is 18.2. The molecule has 0 saturated carbocycles. The Hall–Kier alpha value is -2.41. The van der Waals surface area contributed by atoms with Crippen LogP contribution in [0.5, 0.6) is 0 Å². The van der Waals surface area contributed by atoms with Gasteiger partial charge in [-0.05, 0) is 13.8 Å². The molecule has 2 rings (SSSR count). The highest BCUT2D eigenvalue weighted by molar-refractivity contribution is 5.56. The topological polar surface area (TPSA) is 315 Å². The third kappa shape index (κ3) is 10.6. The maximum absolute atomic E-state index is 11.5. The molecular weight excluding hydrogens is 688 g/mol. The van der Waals surface area contributed by atoms with Gasteiger partial charge in [0.15, 0.2) is 25.2 Å². The predicted molar refractivity (Wildman–Crippen MR) is 167 cm³/mol. The molecule has 0 amide bonds. The van der Waals surface area contributed by atoms with E-state index in [9.17, 15) is 66.1 Å². The number of rotatable bonds is 19. The molecule has 19 nitrogen and oxygen atoms in total. The molecule has 2 heterocycles. The molecule has 17 atom stereocenters. The van der Waals surface area contributed by atoms with Crippen LogP contribution in [0.25, 0.3) is 0 Å². The molecule has 0 aromatic rings. The zero-order chi connectivity index (χ0) is 38.6. The lowest BCUT2D eigenvalue weighted by atomic mass is 9.85. The van der Waals surface area contributed by atoms with Gasteiger partial charge in [0.05, 0.1) is 39.0 Å². The fourth-order valence-electron chi connectivity index (χ4n) is 5.43. The number of aliphatic hydroxyl groups is 12. The number of terminal acetylenes is 1. The number of carbonyl (C=O) groups is 1. The molecule has 19 heteroatoms. The van der Waals surface area contributed by atoms with E-state index in [1.165, 1.54) is 6.92 Å². The van der Waals surface area contributed by atoms with Crippen molar-refractivity contribution in [3.05, 3.63) is 17.9 Å². The van der Waals surface area contributed by atoms with Crippen LogP contribution in [-0.2, 0) is 33.2 Å². The summed E-state index contributed by atoms with van der Waals surface area (Å²) >= 11 is 0. The molecule has 2 fully saturated rings. The first kappa shape index (κ1) is 44.7. The molecule has 0 aromatic carbocycles. The average Bonchev–Trinajstić information content (AvgIpc) is 3.11. The van der Waals surface area contributed by atoms with Gasteiger partial charge >= 0.3 is 0 Å². The molecule has 0 bridgehead atoms. The van der Waals surface area contributed by atoms with E-state index in [1.54, 1.807) is 0 Å². The summed E-state index contributed by atoms with van der Waals surface area (Å²) < 4.78 is 33.7. The van der Waals surface area contributed by atoms with Gasteiger partial charge < -0.3 is 94.5 Å². The standard InChI is InChI=1S/C32H48O19/c1-5-8-17(38)15(6-2)22(41)29(46-10-9-33)50-28-21(14-37)47-30(25(44)24(28)43)49-26-16(7-3)32(4,45)31(48-20(26)13-36)51-27(19(40)12-35)23(42)18(39)11-34/h2,11,15,17-31,33,35-45H,3,9-10,12-14H2,1,4H3/t15-,17?,18?,19-,20?,21-,22-,23?,24?,25?,26-,27+,28+,29-,30-,31?,32-/m0/s1. The van der Waals surface area contributed by atoms with Crippen molar-refractivity contribution in [2.45, 2.75) is 112 Å². The van der Waals surface area contributed by atoms with E-state index in [2.05, 4.69) is 30.1 Å². The van der Waals surface area contributed by atoms with Crippen LogP contribution in [0.2, 0.25) is 0 Å². The molecule has 2 saturated heterocycles. The monoisotopic (exact) mass is 736 g/mol. The van der Waals surface area contributed by atoms with Crippen molar-refractivity contribution in [1.82, 2.24) is 0 Å². The maximum Gasteiger partial charge on any atom is 0.191 e. The average molecular weight is 737 g/mol. The van der Waals surface area contributed by atoms with Crippen LogP contribution in [0.4, 0.5) is 0 Å². The highest BCUT2D eigenvalue weighted by Crippen LogP contribution is 2.39. The van der Waals surface area contributed by atoms with E-state index < -0.39 is 137 Å². The van der Waals surface area contributed by atoms with Crippen LogP contribution in [0, 0.1) is 30.1 Å². The summed E-state index contributed by atoms with van der Waals surface area (Å²) in [7, 11) is 0. The van der Waals surface area contributed by atoms with Crippen molar-refractivity contribution in [2.24, 2.45) is 5.92 Å². The predicted octanol–water partition coefficient (Wildman–Crippen LogP) is -6.64. The Bertz CT molecular complexity index is 1240. The van der Waals surface area contributed by atoms with Crippen molar-refractivity contribution >= 4 is 6.29 Å². The molecular formula is C32H48O19. The van der Waals surface area contributed by atoms with Gasteiger partial charge in [0.2, 0.25) is 0 Å². The maximum atomic E-state index is 11.5. The zero-order valence-electron chi connectivity index (χ0n) is 27.9. The molecule has 0 aromatic heterocycles. The van der Waals surface area contributed by atoms with Crippen LogP contribution < -0.4 is 0 Å². The minimum Gasteiger partial charge on any atom is -0.394 e. The number of aldehydes is 1. The lowest BCUT2D eigenvalue weighted by Crippen LogP contribution is -2.65. The quantitative estimate of drug-likeness (QED) is 0.0254. The third-order valence-corrected chi connectivity index (χ3v) is 8.21. The van der Waals surface area contributed by atoms with Gasteiger partial charge in [0, 0.05) is 5.57 Å². The van der Waals surface area contributed by atoms with E-state index >= 15 is 0 Å². The van der Waals surface area contributed by atoms with Crippen LogP contribution in [0.1, 0.15) is 13.8 Å². The minimum atomic E-state index is -2.36. The Balaban J connectivity index is 2.37. The molecule has 0 aliphatic carbocycles. The van der Waals surface area contributed by atoms with E-state index in [0.717, 1.165) is 6.92 Å². The first-order chi connectivity index (χ1) is 24.1. The molecule has 12 N–H and O–H groups in total. The van der Waals surface area contributed by atoms with Gasteiger partial charge in [-0.3, -0.25) is 0 Å². The van der Waals surface area contributed by atoms with Gasteiger partial charge in [-0.15, -0.1) is 18.1 Å². The van der Waals surface area contributed by atoms with Gasteiger partial charge in [-0.2, -0.15) is 0 Å². The summed E-state index contributed by atoms with van der Waals surface area (Å²) in [6, 6.07) is 0. The van der Waals surface area contributed by atoms with E-state index in [0.29, 0.717) is 0 Å². The number of aliphatic hydroxyl groups excluding tert-OH is 11. The molecule has 290 valence electrons. The second-order valence-corrected chi connectivity index (χ2v) is 11.7. The Morgan fingerprint density at radius 1 is 1.00 bits per heavy atom. The fourth-order valence-corrected chi connectivity index (χ4v) is 5.43. The van der Waals surface area contributed by atoms with Crippen molar-refractivity contribution in [2.75, 3.05) is 33.0 Å². The summed E-state index contributed by atoms with van der Waals surface area (Å²) in [5.74, 6) is 5.58. The molecule has 2 aliphatic rings. The van der Waals surface area contributed by atoms with Crippen molar-refractivity contribution in [3.63, 3.8) is 0 Å². The van der Waals surface area contributed by atoms with Crippen LogP contribution in [-0.4, -0.2) is 198 Å². The first-order valence-corrected chi connectivity index (χ1v) is 15.7. The van der Waals surface area contributed by atoms with Crippen LogP contribution in [0.3, 0.4) is 0 Å². The second-order valence-electron chi connectivity index (χ2n) is 11.7. The van der Waals surface area contributed by atoms with Crippen LogP contribution in [0.15, 0.2) is 17.9 Å². The highest BCUT2D eigenvalue weighted by atomic mass is 16.8. The normalized spacial score (nSPS) is 34.3. The molecule has 0 radical (unpaired) electrons. The van der Waals surface area contributed by atoms with Gasteiger partial charge in [0.25, 0.3) is 0 Å². The number of hydrogen-bond acceptors (Lipinski definition) is 19. The Morgan fingerprint density at radius 3 is 2.16 bits per heavy atom. The fraction of sp³-hybridized carbons (Fsp3) is 0.750. The van der Waals surface area contributed by atoms with E-state index in [4.69, 9.17) is 34.8 Å². The SMILES string of the molecule is C#C[C@@H](C(O)C#CC)[C@H](O)[C@@H](OCCO)O[C@H]1C(O)C(O)[C@H](O[C@H]2C(=C=C)[C@](C)(O)C(O[C@@H](C(O)C(O)C=O)[C@@H](O)CO)OC2CO)O[C@H]1CO. The third-order valence-electron chi connectivity index (χ3n) is 8.21. The second kappa shape index (κ2) is 20.7. The van der Waals surface area contributed by atoms with Gasteiger partial charge in [0.1, 0.15) is 78.8 Å². The largest absolute Gasteiger partial charge is 0.394 e. The Morgan fingerprint density at radius 2 is 1.65 bits per heavy atom. The van der Waals surface area contributed by atoms with Crippen molar-refractivity contribution in [3.8, 4) is 24.2 Å². The zero-order valence-corrected chi connectivity index (χ0v) is 27.9. The van der Waals surface area contributed by atoms with E-state index in [1.807, 2.05) is 0 Å². The lowest BCUT2D eigenvalue weighted by Gasteiger charge is -2.49. The summed E-state index contributed by atoms with van der Waals surface area (Å²) in [5.41, 5.74) is -0.260. The summed E-state index contributed by atoms with van der Waals surface area (Å²) in [5, 5.41) is 124. The molecule has 0 spiro atoms. The van der Waals surface area contributed by atoms with Crippen LogP contribution >= 0.6 is 0 Å². The molecule has 51 heavy (non-hydrogen) atoms. The number of ether oxygens (including phenoxy) is 6. The minimum absolute atomic E-state index is 0.0642. The van der Waals surface area contributed by atoms with Crippen molar-refractivity contribution in [1.29, 1.82) is 0 Å². The number of carbonyl (C=O) groups excluding carboxylic acids is 1. The number of hydrogen-bond donors (Lipinski definition) is 12. The Labute approximate surface area is 293 Å². The molecule has 2 aliphatic heterocycles. The smallest absolute Gasteiger partial charge is 0.191 e. The highest BCUT2D eigenvalue weighted by Gasteiger charge is 2.55. The summed E-state index contributed by atoms with van der Waals surface area (Å²) in [6.45, 7) is 2.21. The molecule has 7 unspecified atom stereocenters.